The first-order valence-corrected chi connectivity index (χ1v) is 8.06. The van der Waals surface area contributed by atoms with Gasteiger partial charge in [0.1, 0.15) is 5.60 Å². The fourth-order valence-electron chi connectivity index (χ4n) is 1.86. The van der Waals surface area contributed by atoms with Gasteiger partial charge in [0.2, 0.25) is 0 Å². The van der Waals surface area contributed by atoms with Gasteiger partial charge in [0.15, 0.2) is 6.61 Å². The SMILES string of the molecule is Cc1ccc(C)c(NC(=O)COC(=O)CCNC(=O)OC(C)(C)C)c1. The van der Waals surface area contributed by atoms with Crippen molar-refractivity contribution in [2.45, 2.75) is 46.6 Å². The number of alkyl carbamates (subject to hydrolysis) is 1. The summed E-state index contributed by atoms with van der Waals surface area (Å²) in [6, 6.07) is 5.70. The molecule has 7 heteroatoms. The number of amides is 2. The molecule has 0 radical (unpaired) electrons. The van der Waals surface area contributed by atoms with E-state index in [1.807, 2.05) is 32.0 Å². The van der Waals surface area contributed by atoms with Gasteiger partial charge in [0.25, 0.3) is 5.91 Å². The molecular weight excluding hydrogens is 324 g/mol. The zero-order valence-electron chi connectivity index (χ0n) is 15.4. The Morgan fingerprint density at radius 2 is 1.80 bits per heavy atom. The molecule has 0 unspecified atom stereocenters. The maximum Gasteiger partial charge on any atom is 0.407 e. The van der Waals surface area contributed by atoms with Crippen LogP contribution in [0, 0.1) is 13.8 Å². The lowest BCUT2D eigenvalue weighted by atomic mass is 10.1. The number of carbonyl (C=O) groups is 3. The molecule has 0 atom stereocenters. The van der Waals surface area contributed by atoms with Gasteiger partial charge in [-0.2, -0.15) is 0 Å². The molecule has 1 aromatic carbocycles. The van der Waals surface area contributed by atoms with Crippen LogP contribution in [0.5, 0.6) is 0 Å². The zero-order chi connectivity index (χ0) is 19.0. The van der Waals surface area contributed by atoms with E-state index in [-0.39, 0.29) is 19.6 Å². The number of ether oxygens (including phenoxy) is 2. The fraction of sp³-hybridized carbons (Fsp3) is 0.500. The Morgan fingerprint density at radius 3 is 2.44 bits per heavy atom. The van der Waals surface area contributed by atoms with Crippen LogP contribution in [0.15, 0.2) is 18.2 Å². The van der Waals surface area contributed by atoms with Crippen molar-refractivity contribution in [1.29, 1.82) is 0 Å². The van der Waals surface area contributed by atoms with Crippen LogP contribution in [0.2, 0.25) is 0 Å². The number of rotatable bonds is 6. The lowest BCUT2D eigenvalue weighted by Gasteiger charge is -2.19. The van der Waals surface area contributed by atoms with E-state index in [9.17, 15) is 14.4 Å². The second kappa shape index (κ2) is 9.05. The molecule has 0 aliphatic carbocycles. The number of carbonyl (C=O) groups excluding carboxylic acids is 3. The summed E-state index contributed by atoms with van der Waals surface area (Å²) in [4.78, 5) is 34.9. The first-order valence-electron chi connectivity index (χ1n) is 8.06. The largest absolute Gasteiger partial charge is 0.456 e. The minimum absolute atomic E-state index is 0.0456. The van der Waals surface area contributed by atoms with Crippen molar-refractivity contribution in [3.63, 3.8) is 0 Å². The molecule has 0 aliphatic heterocycles. The Labute approximate surface area is 148 Å². The van der Waals surface area contributed by atoms with Crippen LogP contribution in [0.3, 0.4) is 0 Å². The number of nitrogens with one attached hydrogen (secondary N) is 2. The lowest BCUT2D eigenvalue weighted by Crippen LogP contribution is -2.34. The Balaban J connectivity index is 2.28. The van der Waals surface area contributed by atoms with E-state index in [4.69, 9.17) is 9.47 Å². The Morgan fingerprint density at radius 1 is 1.12 bits per heavy atom. The monoisotopic (exact) mass is 350 g/mol. The highest BCUT2D eigenvalue weighted by molar-refractivity contribution is 5.93. The van der Waals surface area contributed by atoms with E-state index in [1.165, 1.54) is 0 Å². The smallest absolute Gasteiger partial charge is 0.407 e. The highest BCUT2D eigenvalue weighted by Crippen LogP contribution is 2.16. The number of esters is 1. The second-order valence-corrected chi connectivity index (χ2v) is 6.71. The molecule has 0 saturated carbocycles. The van der Waals surface area contributed by atoms with Crippen molar-refractivity contribution < 1.29 is 23.9 Å². The molecule has 0 saturated heterocycles. The molecule has 0 fully saturated rings. The van der Waals surface area contributed by atoms with E-state index >= 15 is 0 Å². The minimum atomic E-state index is -0.604. The number of aryl methyl sites for hydroxylation is 2. The summed E-state index contributed by atoms with van der Waals surface area (Å²) >= 11 is 0. The normalized spacial score (nSPS) is 10.8. The van der Waals surface area contributed by atoms with Crippen molar-refractivity contribution in [2.24, 2.45) is 0 Å². The summed E-state index contributed by atoms with van der Waals surface area (Å²) < 4.78 is 9.92. The first kappa shape index (κ1) is 20.5. The average Bonchev–Trinajstić information content (AvgIpc) is 2.47. The van der Waals surface area contributed by atoms with Gasteiger partial charge in [0.05, 0.1) is 6.42 Å². The topological polar surface area (TPSA) is 93.7 Å². The molecule has 1 aromatic rings. The van der Waals surface area contributed by atoms with Gasteiger partial charge in [0, 0.05) is 12.2 Å². The first-order chi connectivity index (χ1) is 11.6. The van der Waals surface area contributed by atoms with Gasteiger partial charge < -0.3 is 20.1 Å². The fourth-order valence-corrected chi connectivity index (χ4v) is 1.86. The van der Waals surface area contributed by atoms with Crippen LogP contribution in [0.1, 0.15) is 38.3 Å². The number of hydrogen-bond donors (Lipinski definition) is 2. The van der Waals surface area contributed by atoms with E-state index in [1.54, 1.807) is 20.8 Å². The molecule has 25 heavy (non-hydrogen) atoms. The third-order valence-electron chi connectivity index (χ3n) is 3.03. The average molecular weight is 350 g/mol. The van der Waals surface area contributed by atoms with Crippen molar-refractivity contribution in [3.05, 3.63) is 29.3 Å². The maximum absolute atomic E-state index is 11.8. The van der Waals surface area contributed by atoms with Crippen LogP contribution in [-0.2, 0) is 19.1 Å². The summed E-state index contributed by atoms with van der Waals surface area (Å²) in [6.45, 7) is 8.74. The van der Waals surface area contributed by atoms with Crippen molar-refractivity contribution >= 4 is 23.7 Å². The van der Waals surface area contributed by atoms with Crippen LogP contribution < -0.4 is 10.6 Å². The highest BCUT2D eigenvalue weighted by atomic mass is 16.6. The number of benzene rings is 1. The van der Waals surface area contributed by atoms with E-state index in [0.717, 1.165) is 11.1 Å². The van der Waals surface area contributed by atoms with Crippen molar-refractivity contribution in [2.75, 3.05) is 18.5 Å². The summed E-state index contributed by atoms with van der Waals surface area (Å²) in [7, 11) is 0. The Kier molecular flexibility index (Phi) is 7.42. The second-order valence-electron chi connectivity index (χ2n) is 6.71. The summed E-state index contributed by atoms with van der Waals surface area (Å²) in [5.74, 6) is -0.991. The maximum atomic E-state index is 11.8. The van der Waals surface area contributed by atoms with Gasteiger partial charge in [-0.05, 0) is 51.8 Å². The summed E-state index contributed by atoms with van der Waals surface area (Å²) in [6.07, 6.45) is -0.649. The van der Waals surface area contributed by atoms with Crippen LogP contribution in [0.25, 0.3) is 0 Å². The van der Waals surface area contributed by atoms with E-state index in [0.29, 0.717) is 5.69 Å². The molecule has 7 nitrogen and oxygen atoms in total. The minimum Gasteiger partial charge on any atom is -0.456 e. The predicted octanol–water partition coefficient (Wildman–Crippen LogP) is 2.70. The molecule has 2 N–H and O–H groups in total. The molecule has 0 bridgehead atoms. The van der Waals surface area contributed by atoms with Gasteiger partial charge >= 0.3 is 12.1 Å². The van der Waals surface area contributed by atoms with Crippen LogP contribution in [0.4, 0.5) is 10.5 Å². The van der Waals surface area contributed by atoms with Crippen molar-refractivity contribution in [3.8, 4) is 0 Å². The highest BCUT2D eigenvalue weighted by Gasteiger charge is 2.16. The van der Waals surface area contributed by atoms with Gasteiger partial charge in [-0.1, -0.05) is 12.1 Å². The molecule has 0 aromatic heterocycles. The van der Waals surface area contributed by atoms with Gasteiger partial charge in [-0.15, -0.1) is 0 Å². The predicted molar refractivity (Wildman–Crippen MR) is 94.4 cm³/mol. The molecular formula is C18H26N2O5. The zero-order valence-corrected chi connectivity index (χ0v) is 15.4. The summed E-state index contributed by atoms with van der Waals surface area (Å²) in [5.41, 5.74) is 2.03. The Hall–Kier alpha value is -2.57. The third kappa shape index (κ3) is 8.74. The van der Waals surface area contributed by atoms with E-state index < -0.39 is 23.6 Å². The molecule has 2 amide bonds. The van der Waals surface area contributed by atoms with Gasteiger partial charge in [-0.3, -0.25) is 9.59 Å². The summed E-state index contributed by atoms with van der Waals surface area (Å²) in [5, 5.41) is 5.15. The molecule has 138 valence electrons. The number of hydrogen-bond acceptors (Lipinski definition) is 5. The molecule has 0 aliphatic rings. The molecule has 0 heterocycles. The number of anilines is 1. The molecule has 0 spiro atoms. The third-order valence-corrected chi connectivity index (χ3v) is 3.03. The standard InChI is InChI=1S/C18H26N2O5/c1-12-6-7-13(2)14(10-12)20-15(21)11-24-16(22)8-9-19-17(23)25-18(3,4)5/h6-7,10H,8-9,11H2,1-5H3,(H,19,23)(H,20,21). The quantitative estimate of drug-likeness (QED) is 0.769. The molecule has 1 rings (SSSR count). The van der Waals surface area contributed by atoms with Crippen LogP contribution in [-0.4, -0.2) is 36.7 Å². The van der Waals surface area contributed by atoms with Gasteiger partial charge in [-0.25, -0.2) is 4.79 Å². The van der Waals surface area contributed by atoms with Crippen LogP contribution >= 0.6 is 0 Å². The Bertz CT molecular complexity index is 635. The van der Waals surface area contributed by atoms with Crippen molar-refractivity contribution in [1.82, 2.24) is 5.32 Å². The van der Waals surface area contributed by atoms with E-state index in [2.05, 4.69) is 10.6 Å². The lowest BCUT2D eigenvalue weighted by molar-refractivity contribution is -0.147.